The molecule has 3 nitrogen and oxygen atoms in total. The number of carbonyl (C=O) groups excluding carboxylic acids is 1. The van der Waals surface area contributed by atoms with E-state index in [0.717, 1.165) is 11.6 Å². The first-order valence-electron chi connectivity index (χ1n) is 4.68. The highest BCUT2D eigenvalue weighted by Gasteiger charge is 2.07. The highest BCUT2D eigenvalue weighted by Crippen LogP contribution is 2.13. The number of rotatable bonds is 4. The first kappa shape index (κ1) is 11.3. The van der Waals surface area contributed by atoms with E-state index in [2.05, 4.69) is 6.58 Å². The first-order chi connectivity index (χ1) is 7.11. The summed E-state index contributed by atoms with van der Waals surface area (Å²) in [6, 6.07) is 7.51. The molecule has 0 aliphatic heterocycles. The van der Waals surface area contributed by atoms with E-state index in [0.29, 0.717) is 5.75 Å². The summed E-state index contributed by atoms with van der Waals surface area (Å²) in [5, 5.41) is 0. The average Bonchev–Trinajstić information content (AvgIpc) is 2.21. The van der Waals surface area contributed by atoms with Crippen molar-refractivity contribution < 1.29 is 14.3 Å². The minimum Gasteiger partial charge on any atom is -0.455 e. The van der Waals surface area contributed by atoms with Gasteiger partial charge in [0.1, 0.15) is 5.75 Å². The molecule has 0 saturated carbocycles. The minimum absolute atomic E-state index is 0.491. The Kier molecular flexibility index (Phi) is 3.92. The summed E-state index contributed by atoms with van der Waals surface area (Å²) in [4.78, 5) is 10.8. The van der Waals surface area contributed by atoms with Crippen molar-refractivity contribution in [2.75, 3.05) is 0 Å². The van der Waals surface area contributed by atoms with E-state index in [4.69, 9.17) is 9.47 Å². The van der Waals surface area contributed by atoms with Gasteiger partial charge in [0.25, 0.3) is 0 Å². The number of carbonyl (C=O) groups is 1. The van der Waals surface area contributed by atoms with E-state index in [-0.39, 0.29) is 0 Å². The van der Waals surface area contributed by atoms with Gasteiger partial charge in [-0.25, -0.2) is 4.79 Å². The van der Waals surface area contributed by atoms with E-state index >= 15 is 0 Å². The van der Waals surface area contributed by atoms with Gasteiger partial charge in [0, 0.05) is 13.0 Å². The van der Waals surface area contributed by atoms with Gasteiger partial charge in [-0.3, -0.25) is 0 Å². The molecular formula is C12H14O3. The Labute approximate surface area is 89.3 Å². The topological polar surface area (TPSA) is 35.5 Å². The van der Waals surface area contributed by atoms with Crippen LogP contribution in [0.4, 0.5) is 0 Å². The Morgan fingerprint density at radius 2 is 2.00 bits per heavy atom. The molecule has 0 aromatic heterocycles. The Morgan fingerprint density at radius 1 is 1.40 bits per heavy atom. The third-order valence-electron chi connectivity index (χ3n) is 1.77. The molecule has 0 radical (unpaired) electrons. The normalized spacial score (nSPS) is 11.6. The zero-order valence-electron chi connectivity index (χ0n) is 8.90. The molecule has 0 bridgehead atoms. The van der Waals surface area contributed by atoms with Gasteiger partial charge in [0.15, 0.2) is 0 Å². The SMILES string of the molecule is C=CC(=O)OC(C)Oc1ccc(C)cc1. The molecule has 0 spiro atoms. The smallest absolute Gasteiger partial charge is 0.333 e. The van der Waals surface area contributed by atoms with Crippen LogP contribution in [-0.4, -0.2) is 12.3 Å². The molecule has 1 aromatic carbocycles. The van der Waals surface area contributed by atoms with Gasteiger partial charge in [-0.15, -0.1) is 0 Å². The standard InChI is InChI=1S/C12H14O3/c1-4-12(13)15-10(3)14-11-7-5-9(2)6-8-11/h4-8,10H,1H2,2-3H3. The minimum atomic E-state index is -0.613. The van der Waals surface area contributed by atoms with E-state index in [9.17, 15) is 4.79 Å². The van der Waals surface area contributed by atoms with Gasteiger partial charge in [0.05, 0.1) is 0 Å². The lowest BCUT2D eigenvalue weighted by Gasteiger charge is -2.14. The maximum atomic E-state index is 10.8. The van der Waals surface area contributed by atoms with Gasteiger partial charge in [-0.05, 0) is 19.1 Å². The van der Waals surface area contributed by atoms with Crippen LogP contribution in [0.5, 0.6) is 5.75 Å². The van der Waals surface area contributed by atoms with Crippen molar-refractivity contribution in [3.8, 4) is 5.75 Å². The van der Waals surface area contributed by atoms with Crippen molar-refractivity contribution in [1.29, 1.82) is 0 Å². The van der Waals surface area contributed by atoms with Crippen molar-refractivity contribution in [2.24, 2.45) is 0 Å². The van der Waals surface area contributed by atoms with Gasteiger partial charge in [-0.1, -0.05) is 24.3 Å². The van der Waals surface area contributed by atoms with E-state index in [1.54, 1.807) is 6.92 Å². The molecule has 1 rings (SSSR count). The summed E-state index contributed by atoms with van der Waals surface area (Å²) in [5.74, 6) is 0.180. The lowest BCUT2D eigenvalue weighted by Crippen LogP contribution is -2.19. The molecule has 0 N–H and O–H groups in total. The molecule has 0 aliphatic carbocycles. The van der Waals surface area contributed by atoms with E-state index < -0.39 is 12.3 Å². The van der Waals surface area contributed by atoms with Crippen LogP contribution >= 0.6 is 0 Å². The second-order valence-electron chi connectivity index (χ2n) is 3.14. The van der Waals surface area contributed by atoms with Gasteiger partial charge in [-0.2, -0.15) is 0 Å². The van der Waals surface area contributed by atoms with Crippen LogP contribution in [0.15, 0.2) is 36.9 Å². The zero-order valence-corrected chi connectivity index (χ0v) is 8.90. The van der Waals surface area contributed by atoms with Crippen LogP contribution in [0.25, 0.3) is 0 Å². The summed E-state index contributed by atoms with van der Waals surface area (Å²) in [6.45, 7) is 6.95. The molecule has 0 amide bonds. The van der Waals surface area contributed by atoms with Crippen molar-refractivity contribution >= 4 is 5.97 Å². The molecule has 1 unspecified atom stereocenters. The molecule has 0 saturated heterocycles. The Morgan fingerprint density at radius 3 is 2.53 bits per heavy atom. The Hall–Kier alpha value is -1.77. The lowest BCUT2D eigenvalue weighted by atomic mass is 10.2. The molecular weight excluding hydrogens is 192 g/mol. The number of esters is 1. The summed E-state index contributed by atoms with van der Waals surface area (Å²) in [5.41, 5.74) is 1.15. The Bertz CT molecular complexity index is 340. The number of aryl methyl sites for hydroxylation is 1. The molecule has 15 heavy (non-hydrogen) atoms. The number of hydrogen-bond acceptors (Lipinski definition) is 3. The van der Waals surface area contributed by atoms with Gasteiger partial charge < -0.3 is 9.47 Å². The van der Waals surface area contributed by atoms with Gasteiger partial charge in [0.2, 0.25) is 6.29 Å². The van der Waals surface area contributed by atoms with Gasteiger partial charge >= 0.3 is 5.97 Å². The largest absolute Gasteiger partial charge is 0.455 e. The first-order valence-corrected chi connectivity index (χ1v) is 4.68. The fraction of sp³-hybridized carbons (Fsp3) is 0.250. The maximum Gasteiger partial charge on any atom is 0.333 e. The highest BCUT2D eigenvalue weighted by molar-refractivity contribution is 5.81. The quantitative estimate of drug-likeness (QED) is 0.431. The monoisotopic (exact) mass is 206 g/mol. The summed E-state index contributed by atoms with van der Waals surface area (Å²) >= 11 is 0. The molecule has 0 fully saturated rings. The zero-order chi connectivity index (χ0) is 11.3. The van der Waals surface area contributed by atoms with Crippen LogP contribution < -0.4 is 4.74 Å². The number of hydrogen-bond donors (Lipinski definition) is 0. The summed E-state index contributed by atoms with van der Waals surface area (Å²) in [6.07, 6.45) is 0.493. The molecule has 1 atom stereocenters. The summed E-state index contributed by atoms with van der Waals surface area (Å²) < 4.78 is 10.2. The predicted octanol–water partition coefficient (Wildman–Crippen LogP) is 2.45. The second kappa shape index (κ2) is 5.20. The van der Waals surface area contributed by atoms with Crippen LogP contribution in [-0.2, 0) is 9.53 Å². The highest BCUT2D eigenvalue weighted by atomic mass is 16.7. The Balaban J connectivity index is 2.51. The van der Waals surface area contributed by atoms with Crippen LogP contribution in [0.3, 0.4) is 0 Å². The molecule has 1 aromatic rings. The van der Waals surface area contributed by atoms with Crippen molar-refractivity contribution in [2.45, 2.75) is 20.1 Å². The number of ether oxygens (including phenoxy) is 2. The molecule has 0 aliphatic rings. The van der Waals surface area contributed by atoms with Crippen molar-refractivity contribution in [3.63, 3.8) is 0 Å². The molecule has 3 heteroatoms. The molecule has 80 valence electrons. The van der Waals surface area contributed by atoms with Crippen molar-refractivity contribution in [1.82, 2.24) is 0 Å². The van der Waals surface area contributed by atoms with Crippen LogP contribution in [0.1, 0.15) is 12.5 Å². The second-order valence-corrected chi connectivity index (χ2v) is 3.14. The fourth-order valence-corrected chi connectivity index (χ4v) is 1.04. The maximum absolute atomic E-state index is 10.8. The lowest BCUT2D eigenvalue weighted by molar-refractivity contribution is -0.154. The summed E-state index contributed by atoms with van der Waals surface area (Å²) in [7, 11) is 0. The van der Waals surface area contributed by atoms with Crippen molar-refractivity contribution in [3.05, 3.63) is 42.5 Å². The number of benzene rings is 1. The fourth-order valence-electron chi connectivity index (χ4n) is 1.04. The third-order valence-corrected chi connectivity index (χ3v) is 1.77. The average molecular weight is 206 g/mol. The predicted molar refractivity (Wildman–Crippen MR) is 57.6 cm³/mol. The third kappa shape index (κ3) is 3.85. The van der Waals surface area contributed by atoms with E-state index in [1.165, 1.54) is 0 Å². The van der Waals surface area contributed by atoms with Crippen LogP contribution in [0, 0.1) is 6.92 Å². The molecule has 0 heterocycles. The van der Waals surface area contributed by atoms with Crippen LogP contribution in [0.2, 0.25) is 0 Å². The van der Waals surface area contributed by atoms with E-state index in [1.807, 2.05) is 31.2 Å².